The average Bonchev–Trinajstić information content (AvgIpc) is 2.27. The fourth-order valence-corrected chi connectivity index (χ4v) is 1.30. The molecule has 1 aromatic carbocycles. The summed E-state index contributed by atoms with van der Waals surface area (Å²) in [5, 5.41) is 2.37. The Kier molecular flexibility index (Phi) is 4.34. The fourth-order valence-electron chi connectivity index (χ4n) is 1.30. The van der Waals surface area contributed by atoms with Gasteiger partial charge < -0.3 is 11.1 Å². The zero-order valence-electron chi connectivity index (χ0n) is 10.1. The summed E-state index contributed by atoms with van der Waals surface area (Å²) in [6, 6.07) is 3.70. The second-order valence-electron chi connectivity index (χ2n) is 4.34. The molecule has 1 atom stereocenters. The summed E-state index contributed by atoms with van der Waals surface area (Å²) in [6.07, 6.45) is -4.43. The van der Waals surface area contributed by atoms with Crippen LogP contribution in [0, 0.1) is 5.92 Å². The van der Waals surface area contributed by atoms with Gasteiger partial charge in [0.05, 0.1) is 11.6 Å². The lowest BCUT2D eigenvalue weighted by Crippen LogP contribution is -2.39. The summed E-state index contributed by atoms with van der Waals surface area (Å²) >= 11 is 0. The highest BCUT2D eigenvalue weighted by atomic mass is 19.4. The number of carbonyl (C=O) groups is 1. The van der Waals surface area contributed by atoms with Crippen LogP contribution in [0.5, 0.6) is 0 Å². The molecule has 100 valence electrons. The van der Waals surface area contributed by atoms with Gasteiger partial charge in [0.25, 0.3) is 0 Å². The van der Waals surface area contributed by atoms with Crippen LogP contribution < -0.4 is 11.1 Å². The van der Waals surface area contributed by atoms with Crippen molar-refractivity contribution in [2.45, 2.75) is 26.1 Å². The van der Waals surface area contributed by atoms with Crippen LogP contribution in [0.15, 0.2) is 24.3 Å². The number of anilines is 1. The number of nitrogens with one attached hydrogen (secondary N) is 1. The normalized spacial score (nSPS) is 13.5. The largest absolute Gasteiger partial charge is 0.416 e. The van der Waals surface area contributed by atoms with E-state index in [0.717, 1.165) is 12.1 Å². The highest BCUT2D eigenvalue weighted by molar-refractivity contribution is 5.94. The van der Waals surface area contributed by atoms with Crippen LogP contribution in [0.25, 0.3) is 0 Å². The molecule has 0 unspecified atom stereocenters. The van der Waals surface area contributed by atoms with E-state index in [2.05, 4.69) is 5.32 Å². The number of amides is 1. The summed E-state index contributed by atoms with van der Waals surface area (Å²) in [5.41, 5.74) is 4.88. The van der Waals surface area contributed by atoms with E-state index >= 15 is 0 Å². The van der Waals surface area contributed by atoms with Crippen LogP contribution in [0.1, 0.15) is 19.4 Å². The predicted octanol–water partition coefficient (Wildman–Crippen LogP) is 2.63. The van der Waals surface area contributed by atoms with Crippen molar-refractivity contribution in [3.63, 3.8) is 0 Å². The van der Waals surface area contributed by atoms with Crippen LogP contribution >= 0.6 is 0 Å². The summed E-state index contributed by atoms with van der Waals surface area (Å²) < 4.78 is 37.4. The van der Waals surface area contributed by atoms with E-state index in [4.69, 9.17) is 5.73 Å². The number of halogens is 3. The highest BCUT2D eigenvalue weighted by Crippen LogP contribution is 2.30. The second-order valence-corrected chi connectivity index (χ2v) is 4.34. The van der Waals surface area contributed by atoms with Crippen molar-refractivity contribution in [3.05, 3.63) is 29.8 Å². The smallest absolute Gasteiger partial charge is 0.325 e. The SMILES string of the molecule is CC(C)[C@@H](N)C(=O)Nc1cccc(C(F)(F)F)c1. The Balaban J connectivity index is 2.83. The maximum absolute atomic E-state index is 12.5. The number of hydrogen-bond acceptors (Lipinski definition) is 2. The van der Waals surface area contributed by atoms with Gasteiger partial charge in [0.1, 0.15) is 0 Å². The average molecular weight is 260 g/mol. The zero-order valence-corrected chi connectivity index (χ0v) is 10.1. The quantitative estimate of drug-likeness (QED) is 0.877. The lowest BCUT2D eigenvalue weighted by molar-refractivity contribution is -0.137. The summed E-state index contributed by atoms with van der Waals surface area (Å²) in [4.78, 5) is 11.6. The Labute approximate surface area is 103 Å². The molecular weight excluding hydrogens is 245 g/mol. The van der Waals surface area contributed by atoms with Gasteiger partial charge in [-0.05, 0) is 24.1 Å². The monoisotopic (exact) mass is 260 g/mol. The van der Waals surface area contributed by atoms with Crippen LogP contribution in [0.4, 0.5) is 18.9 Å². The lowest BCUT2D eigenvalue weighted by Gasteiger charge is -2.16. The molecule has 0 saturated heterocycles. The van der Waals surface area contributed by atoms with E-state index in [1.54, 1.807) is 13.8 Å². The van der Waals surface area contributed by atoms with Gasteiger partial charge >= 0.3 is 6.18 Å². The summed E-state index contributed by atoms with van der Waals surface area (Å²) in [5.74, 6) is -0.583. The van der Waals surface area contributed by atoms with Crippen molar-refractivity contribution in [1.29, 1.82) is 0 Å². The molecule has 0 bridgehead atoms. The molecule has 0 heterocycles. The third-order valence-electron chi connectivity index (χ3n) is 2.48. The van der Waals surface area contributed by atoms with Crippen molar-refractivity contribution in [2.24, 2.45) is 11.7 Å². The summed E-state index contributed by atoms with van der Waals surface area (Å²) in [7, 11) is 0. The van der Waals surface area contributed by atoms with Crippen LogP contribution in [-0.4, -0.2) is 11.9 Å². The first-order chi connectivity index (χ1) is 8.21. The Morgan fingerprint density at radius 1 is 1.33 bits per heavy atom. The Morgan fingerprint density at radius 3 is 2.44 bits per heavy atom. The molecule has 6 heteroatoms. The topological polar surface area (TPSA) is 55.1 Å². The lowest BCUT2D eigenvalue weighted by atomic mass is 10.0. The molecule has 18 heavy (non-hydrogen) atoms. The molecule has 0 radical (unpaired) electrons. The summed E-state index contributed by atoms with van der Waals surface area (Å²) in [6.45, 7) is 3.52. The molecule has 1 rings (SSSR count). The van der Waals surface area contributed by atoms with Gasteiger partial charge in [0.2, 0.25) is 5.91 Å². The minimum absolute atomic E-state index is 0.0872. The molecule has 0 spiro atoms. The zero-order chi connectivity index (χ0) is 13.9. The van der Waals surface area contributed by atoms with E-state index in [1.165, 1.54) is 12.1 Å². The first-order valence-corrected chi connectivity index (χ1v) is 5.45. The van der Waals surface area contributed by atoms with E-state index in [9.17, 15) is 18.0 Å². The van der Waals surface area contributed by atoms with E-state index < -0.39 is 23.7 Å². The molecular formula is C12H15F3N2O. The highest BCUT2D eigenvalue weighted by Gasteiger charge is 2.30. The third-order valence-corrected chi connectivity index (χ3v) is 2.48. The molecule has 0 aliphatic carbocycles. The Morgan fingerprint density at radius 2 is 1.94 bits per heavy atom. The van der Waals surface area contributed by atoms with Crippen molar-refractivity contribution in [3.8, 4) is 0 Å². The van der Waals surface area contributed by atoms with Gasteiger partial charge in [0.15, 0.2) is 0 Å². The van der Waals surface area contributed by atoms with Crippen LogP contribution in [-0.2, 0) is 11.0 Å². The van der Waals surface area contributed by atoms with E-state index in [1.807, 2.05) is 0 Å². The maximum Gasteiger partial charge on any atom is 0.416 e. The molecule has 0 aromatic heterocycles. The Bertz CT molecular complexity index is 430. The van der Waals surface area contributed by atoms with E-state index in [0.29, 0.717) is 0 Å². The number of benzene rings is 1. The number of alkyl halides is 3. The number of carbonyl (C=O) groups excluding carboxylic acids is 1. The standard InChI is InChI=1S/C12H15F3N2O/c1-7(2)10(16)11(18)17-9-5-3-4-8(6-9)12(13,14)15/h3-7,10H,16H2,1-2H3,(H,17,18)/t10-/m1/s1. The van der Waals surface area contributed by atoms with Gasteiger partial charge in [-0.1, -0.05) is 19.9 Å². The minimum Gasteiger partial charge on any atom is -0.325 e. The number of nitrogens with two attached hydrogens (primary N) is 1. The maximum atomic E-state index is 12.5. The predicted molar refractivity (Wildman–Crippen MR) is 62.9 cm³/mol. The first-order valence-electron chi connectivity index (χ1n) is 5.45. The number of rotatable bonds is 3. The third kappa shape index (κ3) is 3.73. The van der Waals surface area contributed by atoms with Gasteiger partial charge in [-0.15, -0.1) is 0 Å². The van der Waals surface area contributed by atoms with Gasteiger partial charge in [-0.2, -0.15) is 13.2 Å². The van der Waals surface area contributed by atoms with Crippen LogP contribution in [0.2, 0.25) is 0 Å². The van der Waals surface area contributed by atoms with Gasteiger partial charge in [-0.3, -0.25) is 4.79 Å². The van der Waals surface area contributed by atoms with Crippen LogP contribution in [0.3, 0.4) is 0 Å². The van der Waals surface area contributed by atoms with E-state index in [-0.39, 0.29) is 11.6 Å². The second kappa shape index (κ2) is 5.39. The van der Waals surface area contributed by atoms with Gasteiger partial charge in [-0.25, -0.2) is 0 Å². The van der Waals surface area contributed by atoms with Gasteiger partial charge in [0, 0.05) is 5.69 Å². The minimum atomic E-state index is -4.43. The molecule has 3 N–H and O–H groups in total. The molecule has 1 amide bonds. The van der Waals surface area contributed by atoms with Crippen molar-refractivity contribution in [1.82, 2.24) is 0 Å². The van der Waals surface area contributed by atoms with Crippen molar-refractivity contribution in [2.75, 3.05) is 5.32 Å². The molecule has 0 fully saturated rings. The molecule has 3 nitrogen and oxygen atoms in total. The molecule has 0 aliphatic heterocycles. The van der Waals surface area contributed by atoms with Crippen molar-refractivity contribution >= 4 is 11.6 Å². The Hall–Kier alpha value is -1.56. The molecule has 1 aromatic rings. The fraction of sp³-hybridized carbons (Fsp3) is 0.417. The number of hydrogen-bond donors (Lipinski definition) is 2. The first kappa shape index (κ1) is 14.5. The molecule has 0 aliphatic rings. The molecule has 0 saturated carbocycles. The van der Waals surface area contributed by atoms with Crippen molar-refractivity contribution < 1.29 is 18.0 Å².